The van der Waals surface area contributed by atoms with Crippen LogP contribution in [-0.2, 0) is 9.59 Å². The number of anilines is 1. The van der Waals surface area contributed by atoms with Gasteiger partial charge in [-0.15, -0.1) is 0 Å². The van der Waals surface area contributed by atoms with Crippen LogP contribution in [0.3, 0.4) is 0 Å². The maximum atomic E-state index is 12.7. The van der Waals surface area contributed by atoms with E-state index in [4.69, 9.17) is 5.73 Å². The molecule has 8 nitrogen and oxygen atoms in total. The maximum Gasteiger partial charge on any atom is 0.308 e. The molecule has 3 atom stereocenters. The van der Waals surface area contributed by atoms with Gasteiger partial charge in [-0.05, 0) is 50.4 Å². The van der Waals surface area contributed by atoms with Gasteiger partial charge in [0.05, 0.1) is 5.92 Å². The van der Waals surface area contributed by atoms with E-state index in [1.165, 1.54) is 0 Å². The molecule has 0 aromatic heterocycles. The van der Waals surface area contributed by atoms with Crippen LogP contribution >= 0.6 is 0 Å². The summed E-state index contributed by atoms with van der Waals surface area (Å²) in [6, 6.07) is 5.80. The number of nitrogens with two attached hydrogens (primary N) is 1. The van der Waals surface area contributed by atoms with Crippen molar-refractivity contribution in [1.29, 1.82) is 0 Å². The third-order valence-electron chi connectivity index (χ3n) is 4.89. The normalized spacial score (nSPS) is 19.9. The summed E-state index contributed by atoms with van der Waals surface area (Å²) in [5, 5.41) is 17.8. The van der Waals surface area contributed by atoms with Crippen molar-refractivity contribution < 1.29 is 19.5 Å². The zero-order valence-corrected chi connectivity index (χ0v) is 15.5. The van der Waals surface area contributed by atoms with E-state index in [9.17, 15) is 19.5 Å². The van der Waals surface area contributed by atoms with Crippen molar-refractivity contribution in [3.63, 3.8) is 0 Å². The molecular weight excluding hydrogens is 348 g/mol. The Morgan fingerprint density at radius 1 is 1.30 bits per heavy atom. The lowest BCUT2D eigenvalue weighted by Crippen LogP contribution is -2.51. The van der Waals surface area contributed by atoms with Gasteiger partial charge in [0.25, 0.3) is 5.91 Å². The van der Waals surface area contributed by atoms with E-state index in [1.807, 2.05) is 6.07 Å². The van der Waals surface area contributed by atoms with E-state index >= 15 is 0 Å². The van der Waals surface area contributed by atoms with E-state index in [0.717, 1.165) is 12.1 Å². The van der Waals surface area contributed by atoms with Crippen molar-refractivity contribution in [2.24, 2.45) is 11.7 Å². The van der Waals surface area contributed by atoms with E-state index in [0.29, 0.717) is 37.8 Å². The molecule has 1 aliphatic carbocycles. The first-order valence-electron chi connectivity index (χ1n) is 9.28. The predicted octanol–water partition coefficient (Wildman–Crippen LogP) is 0.935. The van der Waals surface area contributed by atoms with Crippen molar-refractivity contribution >= 4 is 23.5 Å². The third-order valence-corrected chi connectivity index (χ3v) is 4.89. The Morgan fingerprint density at radius 3 is 2.74 bits per heavy atom. The topological polar surface area (TPSA) is 134 Å². The van der Waals surface area contributed by atoms with E-state index in [2.05, 4.69) is 16.0 Å². The fourth-order valence-electron chi connectivity index (χ4n) is 3.36. The van der Waals surface area contributed by atoms with Crippen molar-refractivity contribution in [1.82, 2.24) is 10.6 Å². The minimum absolute atomic E-state index is 0.356. The standard InChI is InChI=1S/C19H28N4O4/c1-21-13-6-2-5-12(11-13)17(24)23-16(9-4-10-20)18(25)22-15-8-3-7-14(15)19(26)27/h2,5-6,11,14-16,21H,3-4,7-10,20H2,1H3,(H,22,25)(H,23,24)(H,26,27). The Kier molecular flexibility index (Phi) is 7.60. The number of carboxylic acid groups (broad SMARTS) is 1. The molecule has 0 bridgehead atoms. The number of carbonyl (C=O) groups is 3. The van der Waals surface area contributed by atoms with Gasteiger partial charge < -0.3 is 26.8 Å². The monoisotopic (exact) mass is 376 g/mol. The second kappa shape index (κ2) is 9.91. The highest BCUT2D eigenvalue weighted by Crippen LogP contribution is 2.26. The van der Waals surface area contributed by atoms with E-state index in [-0.39, 0.29) is 11.8 Å². The summed E-state index contributed by atoms with van der Waals surface area (Å²) in [6.07, 6.45) is 2.91. The molecule has 1 aromatic rings. The van der Waals surface area contributed by atoms with Gasteiger partial charge >= 0.3 is 5.97 Å². The van der Waals surface area contributed by atoms with Crippen LogP contribution in [0.2, 0.25) is 0 Å². The summed E-state index contributed by atoms with van der Waals surface area (Å²) < 4.78 is 0. The molecule has 0 radical (unpaired) electrons. The van der Waals surface area contributed by atoms with Gasteiger partial charge in [0.15, 0.2) is 0 Å². The highest BCUT2D eigenvalue weighted by Gasteiger charge is 2.35. The number of hydrogen-bond donors (Lipinski definition) is 5. The van der Waals surface area contributed by atoms with Crippen molar-refractivity contribution in [2.45, 2.75) is 44.2 Å². The van der Waals surface area contributed by atoms with Crippen molar-refractivity contribution in [3.05, 3.63) is 29.8 Å². The molecule has 0 saturated heterocycles. The van der Waals surface area contributed by atoms with Crippen molar-refractivity contribution in [3.8, 4) is 0 Å². The summed E-state index contributed by atoms with van der Waals surface area (Å²) >= 11 is 0. The van der Waals surface area contributed by atoms with Crippen LogP contribution in [-0.4, -0.2) is 48.6 Å². The summed E-state index contributed by atoms with van der Waals surface area (Å²) in [7, 11) is 1.76. The molecule has 1 aromatic carbocycles. The second-order valence-corrected chi connectivity index (χ2v) is 6.78. The van der Waals surface area contributed by atoms with Gasteiger partial charge in [-0.2, -0.15) is 0 Å². The number of hydrogen-bond acceptors (Lipinski definition) is 5. The van der Waals surface area contributed by atoms with Crippen LogP contribution < -0.4 is 21.7 Å². The molecule has 6 N–H and O–H groups in total. The molecule has 27 heavy (non-hydrogen) atoms. The minimum Gasteiger partial charge on any atom is -0.481 e. The zero-order chi connectivity index (χ0) is 19.8. The maximum absolute atomic E-state index is 12.7. The highest BCUT2D eigenvalue weighted by molar-refractivity contribution is 5.98. The average molecular weight is 376 g/mol. The molecular formula is C19H28N4O4. The van der Waals surface area contributed by atoms with Gasteiger partial charge in [-0.25, -0.2) is 0 Å². The first-order chi connectivity index (χ1) is 13.0. The van der Waals surface area contributed by atoms with Crippen LogP contribution in [0.5, 0.6) is 0 Å². The molecule has 8 heteroatoms. The van der Waals surface area contributed by atoms with Gasteiger partial charge in [0.1, 0.15) is 6.04 Å². The summed E-state index contributed by atoms with van der Waals surface area (Å²) in [5.41, 5.74) is 6.79. The Hall–Kier alpha value is -2.61. The molecule has 2 amide bonds. The Bertz CT molecular complexity index is 679. The summed E-state index contributed by atoms with van der Waals surface area (Å²) in [4.78, 5) is 36.6. The summed E-state index contributed by atoms with van der Waals surface area (Å²) in [5.74, 6) is -2.19. The van der Waals surface area contributed by atoms with Crippen LogP contribution in [0.1, 0.15) is 42.5 Å². The molecule has 0 aliphatic heterocycles. The molecule has 1 saturated carbocycles. The lowest BCUT2D eigenvalue weighted by molar-refractivity contribution is -0.142. The first kappa shape index (κ1) is 20.7. The van der Waals surface area contributed by atoms with Gasteiger partial charge in [-0.1, -0.05) is 12.5 Å². The molecule has 1 aliphatic rings. The van der Waals surface area contributed by atoms with Crippen LogP contribution in [0.4, 0.5) is 5.69 Å². The van der Waals surface area contributed by atoms with Crippen molar-refractivity contribution in [2.75, 3.05) is 18.9 Å². The fourth-order valence-corrected chi connectivity index (χ4v) is 3.36. The fraction of sp³-hybridized carbons (Fsp3) is 0.526. The van der Waals surface area contributed by atoms with E-state index in [1.54, 1.807) is 25.2 Å². The van der Waals surface area contributed by atoms with Gasteiger partial charge in [0, 0.05) is 24.3 Å². The molecule has 2 rings (SSSR count). The number of aliphatic carboxylic acids is 1. The van der Waals surface area contributed by atoms with Gasteiger partial charge in [-0.3, -0.25) is 14.4 Å². The van der Waals surface area contributed by atoms with Crippen LogP contribution in [0.25, 0.3) is 0 Å². The first-order valence-corrected chi connectivity index (χ1v) is 9.28. The van der Waals surface area contributed by atoms with Gasteiger partial charge in [0.2, 0.25) is 5.91 Å². The smallest absolute Gasteiger partial charge is 0.308 e. The number of rotatable bonds is 9. The second-order valence-electron chi connectivity index (χ2n) is 6.78. The Morgan fingerprint density at radius 2 is 2.07 bits per heavy atom. The molecule has 3 unspecified atom stereocenters. The molecule has 148 valence electrons. The largest absolute Gasteiger partial charge is 0.481 e. The molecule has 0 heterocycles. The lowest BCUT2D eigenvalue weighted by Gasteiger charge is -2.23. The lowest BCUT2D eigenvalue weighted by atomic mass is 10.0. The van der Waals surface area contributed by atoms with Crippen LogP contribution in [0, 0.1) is 5.92 Å². The third kappa shape index (κ3) is 5.68. The minimum atomic E-state index is -0.899. The predicted molar refractivity (Wildman–Crippen MR) is 102 cm³/mol. The Labute approximate surface area is 158 Å². The number of carboxylic acids is 1. The summed E-state index contributed by atoms with van der Waals surface area (Å²) in [6.45, 7) is 0.399. The van der Waals surface area contributed by atoms with E-state index < -0.39 is 24.0 Å². The number of benzene rings is 1. The Balaban J connectivity index is 2.05. The average Bonchev–Trinajstić information content (AvgIpc) is 3.13. The molecule has 1 fully saturated rings. The highest BCUT2D eigenvalue weighted by atomic mass is 16.4. The molecule has 0 spiro atoms. The number of nitrogens with one attached hydrogen (secondary N) is 3. The zero-order valence-electron chi connectivity index (χ0n) is 15.5. The number of carbonyl (C=O) groups excluding carboxylic acids is 2. The number of amides is 2. The quantitative estimate of drug-likeness (QED) is 0.435. The van der Waals surface area contributed by atoms with Crippen LogP contribution in [0.15, 0.2) is 24.3 Å². The SMILES string of the molecule is CNc1cccc(C(=O)NC(CCCN)C(=O)NC2CCCC2C(=O)O)c1.